The number of halogens is 1. The number of benzene rings is 1. The first kappa shape index (κ1) is 14.1. The van der Waals surface area contributed by atoms with Gasteiger partial charge in [-0.05, 0) is 43.2 Å². The lowest BCUT2D eigenvalue weighted by molar-refractivity contribution is 0.318. The molecular formula is C14H14ClN3O2. The number of nitrogens with two attached hydrogens (primary N) is 1. The number of aromatic nitrogens is 1. The summed E-state index contributed by atoms with van der Waals surface area (Å²) in [7, 11) is 0. The average molecular weight is 292 g/mol. The molecule has 0 aliphatic carbocycles. The maximum Gasteiger partial charge on any atom is 0.188 e. The second kappa shape index (κ2) is 5.79. The van der Waals surface area contributed by atoms with Crippen molar-refractivity contribution in [2.24, 2.45) is 10.9 Å². The number of hydrogen-bond donors (Lipinski definition) is 2. The Morgan fingerprint density at radius 2 is 1.90 bits per heavy atom. The summed E-state index contributed by atoms with van der Waals surface area (Å²) in [5.74, 6) is 1.14. The quantitative estimate of drug-likeness (QED) is 0.394. The molecule has 0 bridgehead atoms. The molecule has 3 N–H and O–H groups in total. The molecule has 1 aromatic carbocycles. The number of nitrogens with zero attached hydrogens (tertiary/aromatic N) is 2. The van der Waals surface area contributed by atoms with E-state index in [1.54, 1.807) is 12.1 Å². The zero-order valence-corrected chi connectivity index (χ0v) is 11.8. The van der Waals surface area contributed by atoms with Gasteiger partial charge in [0.25, 0.3) is 0 Å². The van der Waals surface area contributed by atoms with Gasteiger partial charge in [0.05, 0.1) is 0 Å². The second-order valence-corrected chi connectivity index (χ2v) is 4.71. The van der Waals surface area contributed by atoms with Gasteiger partial charge in [-0.3, -0.25) is 4.98 Å². The van der Waals surface area contributed by atoms with E-state index in [9.17, 15) is 0 Å². The monoisotopic (exact) mass is 291 g/mol. The molecule has 2 aromatic rings. The minimum Gasteiger partial charge on any atom is -0.457 e. The molecule has 5 nitrogen and oxygen atoms in total. The van der Waals surface area contributed by atoms with Gasteiger partial charge < -0.3 is 15.7 Å². The van der Waals surface area contributed by atoms with E-state index in [4.69, 9.17) is 27.3 Å². The van der Waals surface area contributed by atoms with Gasteiger partial charge in [0.1, 0.15) is 17.2 Å². The summed E-state index contributed by atoms with van der Waals surface area (Å²) < 4.78 is 5.74. The van der Waals surface area contributed by atoms with Crippen LogP contribution in [-0.4, -0.2) is 16.0 Å². The number of aryl methyl sites for hydroxylation is 2. The Balaban J connectivity index is 2.31. The topological polar surface area (TPSA) is 80.7 Å². The number of pyridine rings is 1. The minimum atomic E-state index is -0.0704. The lowest BCUT2D eigenvalue weighted by atomic mass is 10.1. The molecule has 2 rings (SSSR count). The smallest absolute Gasteiger partial charge is 0.188 e. The van der Waals surface area contributed by atoms with E-state index >= 15 is 0 Å². The lowest BCUT2D eigenvalue weighted by Gasteiger charge is -2.10. The second-order valence-electron chi connectivity index (χ2n) is 4.34. The van der Waals surface area contributed by atoms with E-state index in [-0.39, 0.29) is 5.84 Å². The molecule has 0 saturated heterocycles. The third kappa shape index (κ3) is 3.00. The predicted octanol–water partition coefficient (Wildman–Crippen LogP) is 3.24. The van der Waals surface area contributed by atoms with Crippen molar-refractivity contribution in [2.75, 3.05) is 0 Å². The third-order valence-electron chi connectivity index (χ3n) is 2.75. The van der Waals surface area contributed by atoms with Crippen LogP contribution in [0.4, 0.5) is 0 Å². The van der Waals surface area contributed by atoms with E-state index in [2.05, 4.69) is 10.1 Å². The van der Waals surface area contributed by atoms with Crippen LogP contribution in [0, 0.1) is 13.8 Å². The first-order chi connectivity index (χ1) is 9.51. The summed E-state index contributed by atoms with van der Waals surface area (Å²) in [6.07, 6.45) is 1.53. The molecule has 0 spiro atoms. The summed E-state index contributed by atoms with van der Waals surface area (Å²) in [4.78, 5) is 3.98. The molecule has 0 atom stereocenters. The number of ether oxygens (including phenoxy) is 1. The van der Waals surface area contributed by atoms with Gasteiger partial charge >= 0.3 is 0 Å². The van der Waals surface area contributed by atoms with Crippen LogP contribution in [0.3, 0.4) is 0 Å². The van der Waals surface area contributed by atoms with Crippen molar-refractivity contribution < 1.29 is 9.94 Å². The summed E-state index contributed by atoms with van der Waals surface area (Å²) in [6, 6.07) is 6.97. The van der Waals surface area contributed by atoms with E-state index < -0.39 is 0 Å². The largest absolute Gasteiger partial charge is 0.457 e. The molecule has 6 heteroatoms. The van der Waals surface area contributed by atoms with Crippen LogP contribution in [0.15, 0.2) is 35.6 Å². The third-order valence-corrected chi connectivity index (χ3v) is 3.34. The first-order valence-corrected chi connectivity index (χ1v) is 6.27. The molecule has 0 aliphatic rings. The molecule has 1 heterocycles. The number of rotatable bonds is 3. The zero-order chi connectivity index (χ0) is 14.7. The Hall–Kier alpha value is -2.27. The highest BCUT2D eigenvalue weighted by Gasteiger charge is 2.07. The van der Waals surface area contributed by atoms with Gasteiger partial charge in [-0.2, -0.15) is 0 Å². The minimum absolute atomic E-state index is 0.0704. The Kier molecular flexibility index (Phi) is 4.10. The molecule has 20 heavy (non-hydrogen) atoms. The van der Waals surface area contributed by atoms with E-state index in [1.807, 2.05) is 26.0 Å². The molecule has 104 valence electrons. The van der Waals surface area contributed by atoms with Crippen molar-refractivity contribution in [1.82, 2.24) is 4.98 Å². The molecule has 0 radical (unpaired) electrons. The molecule has 0 aliphatic heterocycles. The fraction of sp³-hybridized carbons (Fsp3) is 0.143. The summed E-state index contributed by atoms with van der Waals surface area (Å²) in [6.45, 7) is 3.83. The van der Waals surface area contributed by atoms with Crippen LogP contribution in [0.5, 0.6) is 11.5 Å². The number of oxime groups is 1. The Labute approximate surface area is 121 Å². The van der Waals surface area contributed by atoms with Crippen molar-refractivity contribution in [1.29, 1.82) is 0 Å². The van der Waals surface area contributed by atoms with Gasteiger partial charge in [-0.15, -0.1) is 0 Å². The fourth-order valence-corrected chi connectivity index (χ4v) is 1.88. The maximum absolute atomic E-state index is 8.64. The maximum atomic E-state index is 8.64. The zero-order valence-electron chi connectivity index (χ0n) is 11.1. The molecule has 0 amide bonds. The van der Waals surface area contributed by atoms with Gasteiger partial charge in [0.2, 0.25) is 0 Å². The van der Waals surface area contributed by atoms with Gasteiger partial charge in [-0.25, -0.2) is 0 Å². The van der Waals surface area contributed by atoms with Crippen LogP contribution in [0.1, 0.15) is 16.8 Å². The highest BCUT2D eigenvalue weighted by atomic mass is 35.5. The normalized spacial score (nSPS) is 11.4. The highest BCUT2D eigenvalue weighted by Crippen LogP contribution is 2.29. The van der Waals surface area contributed by atoms with Crippen LogP contribution in [0.25, 0.3) is 0 Å². The fourth-order valence-electron chi connectivity index (χ4n) is 1.77. The summed E-state index contributed by atoms with van der Waals surface area (Å²) in [5, 5.41) is 12.3. The molecule has 1 aromatic heterocycles. The Morgan fingerprint density at radius 1 is 1.25 bits per heavy atom. The predicted molar refractivity (Wildman–Crippen MR) is 77.7 cm³/mol. The van der Waals surface area contributed by atoms with Crippen LogP contribution in [0.2, 0.25) is 5.02 Å². The van der Waals surface area contributed by atoms with Gasteiger partial charge in [-0.1, -0.05) is 16.8 Å². The molecule has 0 unspecified atom stereocenters. The first-order valence-electron chi connectivity index (χ1n) is 5.90. The van der Waals surface area contributed by atoms with Gasteiger partial charge in [0, 0.05) is 17.3 Å². The van der Waals surface area contributed by atoms with Crippen molar-refractivity contribution in [3.8, 4) is 11.5 Å². The van der Waals surface area contributed by atoms with Crippen LogP contribution in [-0.2, 0) is 0 Å². The summed E-state index contributed by atoms with van der Waals surface area (Å²) >= 11 is 6.11. The number of amidine groups is 1. The van der Waals surface area contributed by atoms with Crippen molar-refractivity contribution in [3.05, 3.63) is 52.3 Å². The standard InChI is InChI=1S/C14H14ClN3O2/c1-8-5-11(6-9(2)13(8)15)20-10-3-4-17-12(7-10)14(16)18-19/h3-7,19H,1-2H3,(H2,16,18). The van der Waals surface area contributed by atoms with Crippen LogP contribution < -0.4 is 10.5 Å². The molecular weight excluding hydrogens is 278 g/mol. The highest BCUT2D eigenvalue weighted by molar-refractivity contribution is 6.32. The van der Waals surface area contributed by atoms with Crippen molar-refractivity contribution in [3.63, 3.8) is 0 Å². The van der Waals surface area contributed by atoms with Crippen molar-refractivity contribution in [2.45, 2.75) is 13.8 Å². The van der Waals surface area contributed by atoms with Crippen LogP contribution >= 0.6 is 11.6 Å². The SMILES string of the molecule is Cc1cc(Oc2ccnc(C(N)=NO)c2)cc(C)c1Cl. The Bertz CT molecular complexity index is 648. The molecule has 0 fully saturated rings. The molecule has 0 saturated carbocycles. The van der Waals surface area contributed by atoms with Crippen molar-refractivity contribution >= 4 is 17.4 Å². The lowest BCUT2D eigenvalue weighted by Crippen LogP contribution is -2.14. The van der Waals surface area contributed by atoms with E-state index in [1.165, 1.54) is 6.20 Å². The van der Waals surface area contributed by atoms with Gasteiger partial charge in [0.15, 0.2) is 5.84 Å². The summed E-state index contributed by atoms with van der Waals surface area (Å²) in [5.41, 5.74) is 7.70. The average Bonchev–Trinajstić information content (AvgIpc) is 2.44. The Morgan fingerprint density at radius 3 is 2.50 bits per heavy atom. The van der Waals surface area contributed by atoms with E-state index in [0.717, 1.165) is 16.1 Å². The van der Waals surface area contributed by atoms with E-state index in [0.29, 0.717) is 17.2 Å². The number of hydrogen-bond acceptors (Lipinski definition) is 4.